The van der Waals surface area contributed by atoms with E-state index in [4.69, 9.17) is 9.72 Å². The fraction of sp³-hybridized carbons (Fsp3) is 0.150. The van der Waals surface area contributed by atoms with Crippen molar-refractivity contribution in [2.24, 2.45) is 0 Å². The van der Waals surface area contributed by atoms with E-state index in [1.54, 1.807) is 13.3 Å². The van der Waals surface area contributed by atoms with E-state index in [1.807, 2.05) is 50.2 Å². The molecule has 4 aromatic rings. The third-order valence-electron chi connectivity index (χ3n) is 4.46. The lowest BCUT2D eigenvalue weighted by molar-refractivity contribution is 0.415. The number of methoxy groups -OCH3 is 1. The molecule has 0 aliphatic carbocycles. The number of H-pyrrole nitrogens is 1. The average molecular weight is 346 g/mol. The van der Waals surface area contributed by atoms with E-state index < -0.39 is 0 Å². The molecule has 0 saturated heterocycles. The fourth-order valence-corrected chi connectivity index (χ4v) is 3.08. The van der Waals surface area contributed by atoms with Crippen LogP contribution in [0.4, 0.5) is 0 Å². The van der Waals surface area contributed by atoms with Gasteiger partial charge in [0.15, 0.2) is 5.65 Å². The smallest absolute Gasteiger partial charge is 0.273 e. The van der Waals surface area contributed by atoms with Crippen LogP contribution in [0.15, 0.2) is 53.5 Å². The molecule has 0 radical (unpaired) electrons. The number of hydrogen-bond donors (Lipinski definition) is 1. The summed E-state index contributed by atoms with van der Waals surface area (Å²) >= 11 is 0. The van der Waals surface area contributed by atoms with Gasteiger partial charge < -0.3 is 4.74 Å². The van der Waals surface area contributed by atoms with Crippen molar-refractivity contribution in [2.75, 3.05) is 7.11 Å². The molecule has 0 aliphatic rings. The van der Waals surface area contributed by atoms with Gasteiger partial charge in [0.25, 0.3) is 5.56 Å². The number of benzene rings is 1. The van der Waals surface area contributed by atoms with Crippen molar-refractivity contribution in [2.45, 2.75) is 13.8 Å². The zero-order valence-electron chi connectivity index (χ0n) is 14.8. The lowest BCUT2D eigenvalue weighted by Gasteiger charge is -2.04. The predicted molar refractivity (Wildman–Crippen MR) is 101 cm³/mol. The fourth-order valence-electron chi connectivity index (χ4n) is 3.08. The lowest BCUT2D eigenvalue weighted by Crippen LogP contribution is -2.14. The monoisotopic (exact) mass is 346 g/mol. The van der Waals surface area contributed by atoms with Crippen LogP contribution < -0.4 is 10.3 Å². The molecule has 1 aromatic carbocycles. The minimum atomic E-state index is -0.174. The number of aromatic nitrogens is 4. The number of aromatic amines is 1. The zero-order valence-corrected chi connectivity index (χ0v) is 14.8. The van der Waals surface area contributed by atoms with Gasteiger partial charge in [-0.3, -0.25) is 14.9 Å². The quantitative estimate of drug-likeness (QED) is 0.617. The first-order chi connectivity index (χ1) is 12.6. The van der Waals surface area contributed by atoms with Gasteiger partial charge in [0.1, 0.15) is 5.75 Å². The molecule has 0 saturated carbocycles. The zero-order chi connectivity index (χ0) is 18.3. The number of hydrogen-bond acceptors (Lipinski definition) is 4. The minimum Gasteiger partial charge on any atom is -0.497 e. The molecular weight excluding hydrogens is 328 g/mol. The molecule has 0 fully saturated rings. The van der Waals surface area contributed by atoms with Gasteiger partial charge >= 0.3 is 0 Å². The first kappa shape index (κ1) is 16.1. The van der Waals surface area contributed by atoms with Crippen molar-refractivity contribution in [3.8, 4) is 28.4 Å². The molecule has 4 rings (SSSR count). The summed E-state index contributed by atoms with van der Waals surface area (Å²) in [5, 5.41) is 3.16. The SMILES string of the molecule is COc1cccc(-c2[nH]n3c(=O)cc(-c4ncccc4C)nc3c2C)c1. The van der Waals surface area contributed by atoms with Crippen molar-refractivity contribution in [3.63, 3.8) is 0 Å². The van der Waals surface area contributed by atoms with Crippen LogP contribution in [0.1, 0.15) is 11.1 Å². The Hall–Kier alpha value is -3.41. The number of ether oxygens (including phenoxy) is 1. The summed E-state index contributed by atoms with van der Waals surface area (Å²) in [6.07, 6.45) is 1.71. The lowest BCUT2D eigenvalue weighted by atomic mass is 10.1. The minimum absolute atomic E-state index is 0.174. The summed E-state index contributed by atoms with van der Waals surface area (Å²) in [6.45, 7) is 3.90. The molecule has 6 nitrogen and oxygen atoms in total. The van der Waals surface area contributed by atoms with E-state index in [1.165, 1.54) is 10.6 Å². The Morgan fingerprint density at radius 1 is 1.12 bits per heavy atom. The summed E-state index contributed by atoms with van der Waals surface area (Å²) in [7, 11) is 1.63. The highest BCUT2D eigenvalue weighted by Gasteiger charge is 2.15. The van der Waals surface area contributed by atoms with Crippen LogP contribution in [0, 0.1) is 13.8 Å². The molecule has 26 heavy (non-hydrogen) atoms. The Labute approximate surface area is 150 Å². The molecule has 130 valence electrons. The highest BCUT2D eigenvalue weighted by atomic mass is 16.5. The van der Waals surface area contributed by atoms with Gasteiger partial charge in [-0.1, -0.05) is 18.2 Å². The predicted octanol–water partition coefficient (Wildman–Crippen LogP) is 3.38. The van der Waals surface area contributed by atoms with Crippen LogP contribution in [0.2, 0.25) is 0 Å². The molecular formula is C20H18N4O2. The van der Waals surface area contributed by atoms with Gasteiger partial charge in [-0.25, -0.2) is 9.50 Å². The van der Waals surface area contributed by atoms with Gasteiger partial charge in [-0.05, 0) is 37.6 Å². The molecule has 0 unspecified atom stereocenters. The van der Waals surface area contributed by atoms with Gasteiger partial charge in [-0.2, -0.15) is 0 Å². The van der Waals surface area contributed by atoms with Crippen molar-refractivity contribution >= 4 is 5.65 Å². The summed E-state index contributed by atoms with van der Waals surface area (Å²) in [5.41, 5.74) is 5.35. The number of pyridine rings is 1. The van der Waals surface area contributed by atoms with Crippen LogP contribution in [0.3, 0.4) is 0 Å². The largest absolute Gasteiger partial charge is 0.497 e. The van der Waals surface area contributed by atoms with Crippen LogP contribution in [-0.2, 0) is 0 Å². The normalized spacial score (nSPS) is 11.0. The Balaban J connectivity index is 1.94. The molecule has 3 heterocycles. The third-order valence-corrected chi connectivity index (χ3v) is 4.46. The molecule has 0 spiro atoms. The Morgan fingerprint density at radius 2 is 1.96 bits per heavy atom. The van der Waals surface area contributed by atoms with Crippen molar-refractivity contribution < 1.29 is 4.74 Å². The highest BCUT2D eigenvalue weighted by Crippen LogP contribution is 2.28. The molecule has 0 amide bonds. The molecule has 1 N–H and O–H groups in total. The number of fused-ring (bicyclic) bond motifs is 1. The van der Waals surface area contributed by atoms with Crippen molar-refractivity contribution in [3.05, 3.63) is 70.1 Å². The number of aryl methyl sites for hydroxylation is 2. The van der Waals surface area contributed by atoms with E-state index in [0.717, 1.165) is 33.8 Å². The van der Waals surface area contributed by atoms with Gasteiger partial charge in [0.2, 0.25) is 0 Å². The second kappa shape index (κ2) is 6.15. The van der Waals surface area contributed by atoms with Crippen molar-refractivity contribution in [1.29, 1.82) is 0 Å². The third kappa shape index (κ3) is 2.56. The average Bonchev–Trinajstić information content (AvgIpc) is 2.99. The van der Waals surface area contributed by atoms with Crippen LogP contribution >= 0.6 is 0 Å². The second-order valence-electron chi connectivity index (χ2n) is 6.15. The first-order valence-corrected chi connectivity index (χ1v) is 8.27. The Kier molecular flexibility index (Phi) is 3.80. The van der Waals surface area contributed by atoms with Crippen LogP contribution in [0.5, 0.6) is 5.75 Å². The Bertz CT molecular complexity index is 1170. The second-order valence-corrected chi connectivity index (χ2v) is 6.15. The molecule has 3 aromatic heterocycles. The van der Waals surface area contributed by atoms with Crippen LogP contribution in [-0.4, -0.2) is 26.7 Å². The number of nitrogens with zero attached hydrogens (tertiary/aromatic N) is 3. The first-order valence-electron chi connectivity index (χ1n) is 8.27. The Morgan fingerprint density at radius 3 is 2.73 bits per heavy atom. The maximum atomic E-state index is 12.6. The molecule has 0 atom stereocenters. The standard InChI is InChI=1S/C20H18N4O2/c1-12-6-5-9-21-18(12)16-11-17(25)24-20(22-16)13(2)19(23-24)14-7-4-8-15(10-14)26-3/h4-11,23H,1-3H3. The summed E-state index contributed by atoms with van der Waals surface area (Å²) in [6, 6.07) is 13.0. The maximum Gasteiger partial charge on any atom is 0.273 e. The highest BCUT2D eigenvalue weighted by molar-refractivity contribution is 5.72. The number of nitrogens with one attached hydrogen (secondary N) is 1. The van der Waals surface area contributed by atoms with E-state index in [2.05, 4.69) is 10.1 Å². The maximum absolute atomic E-state index is 12.6. The van der Waals surface area contributed by atoms with Crippen LogP contribution in [0.25, 0.3) is 28.3 Å². The number of rotatable bonds is 3. The van der Waals surface area contributed by atoms with Gasteiger partial charge in [0.05, 0.1) is 24.2 Å². The van der Waals surface area contributed by atoms with Gasteiger partial charge in [-0.15, -0.1) is 0 Å². The van der Waals surface area contributed by atoms with Crippen molar-refractivity contribution in [1.82, 2.24) is 19.6 Å². The molecule has 0 bridgehead atoms. The summed E-state index contributed by atoms with van der Waals surface area (Å²) in [5.74, 6) is 0.755. The molecule has 6 heteroatoms. The summed E-state index contributed by atoms with van der Waals surface area (Å²) < 4.78 is 6.76. The molecule has 0 aliphatic heterocycles. The topological polar surface area (TPSA) is 72.3 Å². The van der Waals surface area contributed by atoms with E-state index in [9.17, 15) is 4.79 Å². The van der Waals surface area contributed by atoms with E-state index in [0.29, 0.717) is 11.3 Å². The van der Waals surface area contributed by atoms with E-state index in [-0.39, 0.29) is 5.56 Å². The van der Waals surface area contributed by atoms with E-state index >= 15 is 0 Å². The van der Waals surface area contributed by atoms with Gasteiger partial charge in [0, 0.05) is 23.4 Å². The summed E-state index contributed by atoms with van der Waals surface area (Å²) in [4.78, 5) is 21.7.